The van der Waals surface area contributed by atoms with Gasteiger partial charge in [-0.2, -0.15) is 0 Å². The van der Waals surface area contributed by atoms with E-state index in [9.17, 15) is 13.2 Å². The van der Waals surface area contributed by atoms with Crippen molar-refractivity contribution in [3.8, 4) is 0 Å². The topological polar surface area (TPSA) is 39.8 Å². The summed E-state index contributed by atoms with van der Waals surface area (Å²) in [5, 5.41) is -4.12. The summed E-state index contributed by atoms with van der Waals surface area (Å²) in [6, 6.07) is 0. The Morgan fingerprint density at radius 1 is 0.867 bits per heavy atom. The fourth-order valence-electron chi connectivity index (χ4n) is 0.321. The molecule has 2 radical (unpaired) electrons. The first-order valence-corrected chi connectivity index (χ1v) is 3.70. The van der Waals surface area contributed by atoms with Crippen LogP contribution in [-0.2, 0) is 26.4 Å². The summed E-state index contributed by atoms with van der Waals surface area (Å²) in [5.74, 6) is 0. The molecule has 1 aliphatic rings. The van der Waals surface area contributed by atoms with Crippen LogP contribution < -0.4 is 0 Å². The molecule has 0 atom stereocenters. The predicted octanol–water partition coefficient (Wildman–Crippen LogP) is 1.91. The molecule has 1 rings (SSSR count). The van der Waals surface area contributed by atoms with Crippen LogP contribution in [-0.4, -0.2) is 21.1 Å². The molecule has 0 aromatic rings. The van der Waals surface area contributed by atoms with Crippen molar-refractivity contribution >= 4 is 16.0 Å². The molecule has 1 aliphatic carbocycles. The molecule has 0 heterocycles. The Kier molecular flexibility index (Phi) is 31.2. The van der Waals surface area contributed by atoms with Gasteiger partial charge in [0.1, 0.15) is 0 Å². The monoisotopic (exact) mass is 326 g/mol. The number of hydrogen-bond donors (Lipinski definition) is 0. The predicted molar refractivity (Wildman–Crippen MR) is 42.2 cm³/mol. The fourth-order valence-corrected chi connectivity index (χ4v) is 0.321. The second-order valence-corrected chi connectivity index (χ2v) is 2.38. The third-order valence-corrected chi connectivity index (χ3v) is 0.556. The number of allylic oxidation sites excluding steroid dienone is 4. The molecule has 84 valence electrons. The molecular formula is C8H5F3FeO2Se. The Bertz CT molecular complexity index is 187. The van der Waals surface area contributed by atoms with Gasteiger partial charge in [0.25, 0.3) is 0 Å². The second kappa shape index (κ2) is 19.4. The van der Waals surface area contributed by atoms with Crippen molar-refractivity contribution < 1.29 is 39.5 Å². The average Bonchev–Trinajstić information content (AvgIpc) is 2.64. The van der Waals surface area contributed by atoms with Crippen LogP contribution in [0.25, 0.3) is 0 Å². The van der Waals surface area contributed by atoms with E-state index in [1.54, 1.807) is 0 Å². The summed E-state index contributed by atoms with van der Waals surface area (Å²) in [7, 11) is 0. The molecule has 0 aromatic heterocycles. The standard InChI is InChI=1S/C5H5.CF3Se.2CO.Fe/c1-2-4-5-3-1;2-1(3,4)5;2*1-2;/h1-5H;;;;. The SMILES string of the molecule is FC(F)(F)[Se].[C-]#[O+].[C-]#[O+].[CH]1C=CC=C1.[Fe]. The van der Waals surface area contributed by atoms with E-state index in [4.69, 9.17) is 9.30 Å². The molecule has 0 aromatic carbocycles. The first kappa shape index (κ1) is 24.2. The van der Waals surface area contributed by atoms with E-state index in [0.29, 0.717) is 0 Å². The average molecular weight is 325 g/mol. The van der Waals surface area contributed by atoms with E-state index in [0.717, 1.165) is 16.0 Å². The molecule has 0 fully saturated rings. The Balaban J connectivity index is -0.0000000580. The molecule has 0 spiro atoms. The van der Waals surface area contributed by atoms with Crippen molar-refractivity contribution in [2.75, 3.05) is 0 Å². The van der Waals surface area contributed by atoms with Crippen molar-refractivity contribution in [2.45, 2.75) is 5.07 Å². The zero-order valence-electron chi connectivity index (χ0n) is 7.10. The van der Waals surface area contributed by atoms with Gasteiger partial charge in [0.05, 0.1) is 0 Å². The minimum atomic E-state index is -4.12. The van der Waals surface area contributed by atoms with Crippen LogP contribution in [0.2, 0.25) is 0 Å². The van der Waals surface area contributed by atoms with Gasteiger partial charge in [-0.05, 0) is 0 Å². The minimum Gasteiger partial charge on any atom is -0.0767 e. The molecule has 0 saturated heterocycles. The van der Waals surface area contributed by atoms with E-state index >= 15 is 0 Å². The van der Waals surface area contributed by atoms with Gasteiger partial charge < -0.3 is 0 Å². The van der Waals surface area contributed by atoms with Crippen molar-refractivity contribution in [1.82, 2.24) is 0 Å². The summed E-state index contributed by atoms with van der Waals surface area (Å²) in [4.78, 5) is 0. The Morgan fingerprint density at radius 2 is 1.07 bits per heavy atom. The zero-order valence-corrected chi connectivity index (χ0v) is 9.92. The van der Waals surface area contributed by atoms with Crippen LogP contribution in [0.5, 0.6) is 0 Å². The van der Waals surface area contributed by atoms with Gasteiger partial charge in [-0.25, -0.2) is 0 Å². The molecule has 15 heavy (non-hydrogen) atoms. The quantitative estimate of drug-likeness (QED) is 0.371. The number of rotatable bonds is 0. The van der Waals surface area contributed by atoms with Gasteiger partial charge in [0.15, 0.2) is 0 Å². The second-order valence-electron chi connectivity index (χ2n) is 1.41. The van der Waals surface area contributed by atoms with Crippen molar-refractivity contribution in [1.29, 1.82) is 0 Å². The van der Waals surface area contributed by atoms with Crippen molar-refractivity contribution in [3.05, 3.63) is 44.0 Å². The smallest absolute Gasteiger partial charge is 0.00506 e. The Hall–Kier alpha value is -0.211. The molecular weight excluding hydrogens is 320 g/mol. The molecule has 0 amide bonds. The third kappa shape index (κ3) is 83.6. The van der Waals surface area contributed by atoms with Gasteiger partial charge in [-0.3, -0.25) is 0 Å². The van der Waals surface area contributed by atoms with Gasteiger partial charge in [-0.15, -0.1) is 0 Å². The largest absolute Gasteiger partial charge is 0.0767 e. The van der Waals surface area contributed by atoms with Crippen LogP contribution >= 0.6 is 0 Å². The van der Waals surface area contributed by atoms with E-state index in [-0.39, 0.29) is 17.1 Å². The van der Waals surface area contributed by atoms with Crippen LogP contribution in [0.15, 0.2) is 24.3 Å². The summed E-state index contributed by atoms with van der Waals surface area (Å²) in [6.07, 6.45) is 10.0. The molecule has 0 aliphatic heterocycles. The maximum absolute atomic E-state index is 10.3. The van der Waals surface area contributed by atoms with E-state index in [2.05, 4.69) is 13.3 Å². The van der Waals surface area contributed by atoms with Gasteiger partial charge in [0, 0.05) is 23.5 Å². The number of hydrogen-bond acceptors (Lipinski definition) is 0. The number of halogens is 3. The van der Waals surface area contributed by atoms with Crippen molar-refractivity contribution in [2.24, 2.45) is 0 Å². The Labute approximate surface area is 105 Å². The summed E-state index contributed by atoms with van der Waals surface area (Å²) in [6.45, 7) is 9.00. The molecule has 2 nitrogen and oxygen atoms in total. The molecule has 0 unspecified atom stereocenters. The van der Waals surface area contributed by atoms with Gasteiger partial charge in [0.2, 0.25) is 0 Å². The molecule has 0 N–H and O–H groups in total. The first-order valence-electron chi connectivity index (χ1n) is 2.85. The summed E-state index contributed by atoms with van der Waals surface area (Å²) >= 11 is 0.979. The van der Waals surface area contributed by atoms with Gasteiger partial charge >= 0.3 is 56.9 Å². The van der Waals surface area contributed by atoms with Crippen molar-refractivity contribution in [3.63, 3.8) is 0 Å². The van der Waals surface area contributed by atoms with Crippen LogP contribution in [0.3, 0.4) is 0 Å². The van der Waals surface area contributed by atoms with E-state index < -0.39 is 5.07 Å². The van der Waals surface area contributed by atoms with Crippen LogP contribution in [0.1, 0.15) is 0 Å². The van der Waals surface area contributed by atoms with Gasteiger partial charge in [-0.1, -0.05) is 24.3 Å². The van der Waals surface area contributed by atoms with Crippen LogP contribution in [0, 0.1) is 19.7 Å². The minimum absolute atomic E-state index is 0. The molecule has 0 saturated carbocycles. The third-order valence-electron chi connectivity index (χ3n) is 0.556. The summed E-state index contributed by atoms with van der Waals surface area (Å²) < 4.78 is 45.9. The Morgan fingerprint density at radius 3 is 1.13 bits per heavy atom. The fraction of sp³-hybridized carbons (Fsp3) is 0.125. The summed E-state index contributed by atoms with van der Waals surface area (Å²) in [5.41, 5.74) is 0. The maximum Gasteiger partial charge on any atom is 0.00506 e. The number of alkyl halides is 3. The first-order chi connectivity index (χ1) is 6.50. The normalized spacial score (nSPS) is 10.1. The van der Waals surface area contributed by atoms with E-state index in [1.165, 1.54) is 0 Å². The van der Waals surface area contributed by atoms with E-state index in [1.807, 2.05) is 30.7 Å². The molecule has 0 bridgehead atoms. The maximum atomic E-state index is 10.3. The zero-order chi connectivity index (χ0) is 12.0. The molecule has 7 heteroatoms. The van der Waals surface area contributed by atoms with Crippen LogP contribution in [0.4, 0.5) is 13.2 Å².